The summed E-state index contributed by atoms with van der Waals surface area (Å²) in [5, 5.41) is 0. The van der Waals surface area contributed by atoms with Crippen molar-refractivity contribution >= 4 is 5.78 Å². The van der Waals surface area contributed by atoms with Gasteiger partial charge in [0.05, 0.1) is 18.8 Å². The van der Waals surface area contributed by atoms with Gasteiger partial charge < -0.3 is 10.5 Å². The van der Waals surface area contributed by atoms with Gasteiger partial charge >= 0.3 is 0 Å². The Hall–Kier alpha value is -2.20. The van der Waals surface area contributed by atoms with E-state index in [4.69, 9.17) is 10.5 Å². The molecule has 0 bridgehead atoms. The van der Waals surface area contributed by atoms with E-state index < -0.39 is 6.04 Å². The van der Waals surface area contributed by atoms with Crippen molar-refractivity contribution in [3.63, 3.8) is 0 Å². The number of hydrogen-bond donors (Lipinski definition) is 1. The van der Waals surface area contributed by atoms with E-state index in [0.717, 1.165) is 12.0 Å². The Labute approximate surface area is 118 Å². The van der Waals surface area contributed by atoms with Gasteiger partial charge in [0.25, 0.3) is 0 Å². The van der Waals surface area contributed by atoms with Crippen LogP contribution in [-0.4, -0.2) is 17.4 Å². The molecule has 2 aromatic rings. The smallest absolute Gasteiger partial charge is 0.185 e. The highest BCUT2D eigenvalue weighted by Gasteiger charge is 2.18. The topological polar surface area (TPSA) is 65.2 Å². The number of ketones is 1. The number of carbonyl (C=O) groups is 1. The minimum absolute atomic E-state index is 0.161. The average Bonchev–Trinajstić information content (AvgIpc) is 2.52. The summed E-state index contributed by atoms with van der Waals surface area (Å²) >= 11 is 0. The van der Waals surface area contributed by atoms with Gasteiger partial charge in [-0.1, -0.05) is 37.3 Å². The third-order valence-corrected chi connectivity index (χ3v) is 2.91. The maximum atomic E-state index is 12.4. The number of carbonyl (C=O) groups excluding carboxylic acids is 1. The third-order valence-electron chi connectivity index (χ3n) is 2.91. The van der Waals surface area contributed by atoms with Gasteiger partial charge in [0.15, 0.2) is 5.78 Å². The largest absolute Gasteiger partial charge is 0.492 e. The molecule has 0 saturated carbocycles. The van der Waals surface area contributed by atoms with Crippen molar-refractivity contribution in [2.24, 2.45) is 5.73 Å². The molecular formula is C16H18N2O2. The van der Waals surface area contributed by atoms with Gasteiger partial charge in [-0.25, -0.2) is 0 Å². The van der Waals surface area contributed by atoms with Crippen molar-refractivity contribution < 1.29 is 9.53 Å². The van der Waals surface area contributed by atoms with E-state index in [1.54, 1.807) is 12.3 Å². The molecule has 1 unspecified atom stereocenters. The molecule has 1 atom stereocenters. The standard InChI is InChI=1S/C16H18N2O2/c1-2-8-20-14-9-13(10-18-11-14)16(19)15(17)12-6-4-3-5-7-12/h3-7,9-11,15H,2,8,17H2,1H3. The first-order valence-electron chi connectivity index (χ1n) is 6.65. The molecule has 0 aliphatic carbocycles. The molecule has 0 spiro atoms. The fraction of sp³-hybridized carbons (Fsp3) is 0.250. The number of nitrogens with two attached hydrogens (primary N) is 1. The lowest BCUT2D eigenvalue weighted by Gasteiger charge is -2.11. The summed E-state index contributed by atoms with van der Waals surface area (Å²) < 4.78 is 5.48. The van der Waals surface area contributed by atoms with E-state index in [9.17, 15) is 4.79 Å². The van der Waals surface area contributed by atoms with Crippen molar-refractivity contribution in [3.05, 3.63) is 59.9 Å². The van der Waals surface area contributed by atoms with E-state index in [2.05, 4.69) is 4.98 Å². The zero-order valence-corrected chi connectivity index (χ0v) is 11.5. The van der Waals surface area contributed by atoms with Crippen molar-refractivity contribution in [1.82, 2.24) is 4.98 Å². The summed E-state index contributed by atoms with van der Waals surface area (Å²) in [5.74, 6) is 0.434. The monoisotopic (exact) mass is 270 g/mol. The van der Waals surface area contributed by atoms with Crippen LogP contribution in [0.5, 0.6) is 5.75 Å². The van der Waals surface area contributed by atoms with E-state index >= 15 is 0 Å². The number of rotatable bonds is 6. The highest BCUT2D eigenvalue weighted by Crippen LogP contribution is 2.18. The van der Waals surface area contributed by atoms with Crippen LogP contribution in [0.1, 0.15) is 35.3 Å². The van der Waals surface area contributed by atoms with E-state index in [1.807, 2.05) is 37.3 Å². The van der Waals surface area contributed by atoms with E-state index in [0.29, 0.717) is 17.9 Å². The number of Topliss-reactive ketones (excluding diaryl/α,β-unsaturated/α-hetero) is 1. The lowest BCUT2D eigenvalue weighted by molar-refractivity contribution is 0.0960. The van der Waals surface area contributed by atoms with Crippen LogP contribution in [0, 0.1) is 0 Å². The predicted octanol–water partition coefficient (Wildman–Crippen LogP) is 2.75. The number of hydrogen-bond acceptors (Lipinski definition) is 4. The zero-order valence-electron chi connectivity index (χ0n) is 11.5. The minimum Gasteiger partial charge on any atom is -0.492 e. The van der Waals surface area contributed by atoms with Gasteiger partial charge in [0.1, 0.15) is 5.75 Å². The zero-order chi connectivity index (χ0) is 14.4. The number of pyridine rings is 1. The molecule has 0 aliphatic heterocycles. The quantitative estimate of drug-likeness (QED) is 0.820. The molecule has 4 heteroatoms. The maximum Gasteiger partial charge on any atom is 0.185 e. The van der Waals surface area contributed by atoms with Crippen molar-refractivity contribution in [2.75, 3.05) is 6.61 Å². The number of ether oxygens (including phenoxy) is 1. The normalized spacial score (nSPS) is 11.9. The molecule has 2 rings (SSSR count). The molecule has 1 heterocycles. The molecule has 104 valence electrons. The van der Waals surface area contributed by atoms with Gasteiger partial charge in [-0.15, -0.1) is 0 Å². The first kappa shape index (κ1) is 14.2. The summed E-state index contributed by atoms with van der Waals surface area (Å²) in [6, 6.07) is 10.3. The molecule has 2 N–H and O–H groups in total. The van der Waals surface area contributed by atoms with Crippen molar-refractivity contribution in [2.45, 2.75) is 19.4 Å². The summed E-state index contributed by atoms with van der Waals surface area (Å²) in [5.41, 5.74) is 7.26. The Bertz CT molecular complexity index is 570. The molecular weight excluding hydrogens is 252 g/mol. The van der Waals surface area contributed by atoms with Gasteiger partial charge in [0.2, 0.25) is 0 Å². The molecule has 0 radical (unpaired) electrons. The molecule has 0 saturated heterocycles. The first-order chi connectivity index (χ1) is 9.72. The van der Waals surface area contributed by atoms with Gasteiger partial charge in [0, 0.05) is 11.8 Å². The third kappa shape index (κ3) is 3.42. The summed E-state index contributed by atoms with van der Waals surface area (Å²) in [4.78, 5) is 16.4. The lowest BCUT2D eigenvalue weighted by Crippen LogP contribution is -2.21. The predicted molar refractivity (Wildman–Crippen MR) is 77.7 cm³/mol. The second-order valence-corrected chi connectivity index (χ2v) is 4.51. The molecule has 1 aromatic carbocycles. The van der Waals surface area contributed by atoms with Crippen molar-refractivity contribution in [3.8, 4) is 5.75 Å². The number of benzene rings is 1. The second-order valence-electron chi connectivity index (χ2n) is 4.51. The van der Waals surface area contributed by atoms with E-state index in [1.165, 1.54) is 6.20 Å². The fourth-order valence-corrected chi connectivity index (χ4v) is 1.84. The number of aromatic nitrogens is 1. The first-order valence-corrected chi connectivity index (χ1v) is 6.65. The van der Waals surface area contributed by atoms with Gasteiger partial charge in [-0.2, -0.15) is 0 Å². The number of nitrogens with zero attached hydrogens (tertiary/aromatic N) is 1. The van der Waals surface area contributed by atoms with Crippen LogP contribution in [0.25, 0.3) is 0 Å². The maximum absolute atomic E-state index is 12.4. The van der Waals surface area contributed by atoms with Crippen LogP contribution in [0.3, 0.4) is 0 Å². The Kier molecular flexibility index (Phi) is 4.85. The Morgan fingerprint density at radius 2 is 2.05 bits per heavy atom. The van der Waals surface area contributed by atoms with Crippen molar-refractivity contribution in [1.29, 1.82) is 0 Å². The van der Waals surface area contributed by atoms with Crippen LogP contribution in [0.4, 0.5) is 0 Å². The highest BCUT2D eigenvalue weighted by atomic mass is 16.5. The molecule has 0 amide bonds. The van der Waals surface area contributed by atoms with Crippen LogP contribution >= 0.6 is 0 Å². The molecule has 0 aliphatic rings. The summed E-state index contributed by atoms with van der Waals surface area (Å²) in [6.45, 7) is 2.62. The van der Waals surface area contributed by atoms with Gasteiger partial charge in [-0.3, -0.25) is 9.78 Å². The van der Waals surface area contributed by atoms with Crippen LogP contribution in [0.2, 0.25) is 0 Å². The van der Waals surface area contributed by atoms with Gasteiger partial charge in [-0.05, 0) is 18.1 Å². The Balaban J connectivity index is 2.16. The molecule has 4 nitrogen and oxygen atoms in total. The fourth-order valence-electron chi connectivity index (χ4n) is 1.84. The molecule has 0 fully saturated rings. The Morgan fingerprint density at radius 3 is 2.75 bits per heavy atom. The average molecular weight is 270 g/mol. The van der Waals surface area contributed by atoms with Crippen LogP contribution in [-0.2, 0) is 0 Å². The summed E-state index contributed by atoms with van der Waals surface area (Å²) in [7, 11) is 0. The van der Waals surface area contributed by atoms with E-state index in [-0.39, 0.29) is 5.78 Å². The lowest BCUT2D eigenvalue weighted by atomic mass is 9.99. The molecule has 20 heavy (non-hydrogen) atoms. The molecule has 1 aromatic heterocycles. The SMILES string of the molecule is CCCOc1cncc(C(=O)C(N)c2ccccc2)c1. The van der Waals surface area contributed by atoms with Crippen LogP contribution < -0.4 is 10.5 Å². The summed E-state index contributed by atoms with van der Waals surface area (Å²) in [6.07, 6.45) is 4.02. The Morgan fingerprint density at radius 1 is 1.30 bits per heavy atom. The van der Waals surface area contributed by atoms with Crippen LogP contribution in [0.15, 0.2) is 48.8 Å². The highest BCUT2D eigenvalue weighted by molar-refractivity contribution is 6.00. The minimum atomic E-state index is -0.681. The second kappa shape index (κ2) is 6.82.